The second kappa shape index (κ2) is 6.85. The van der Waals surface area contributed by atoms with E-state index in [-0.39, 0.29) is 12.1 Å². The van der Waals surface area contributed by atoms with Crippen LogP contribution in [0.15, 0.2) is 48.5 Å². The van der Waals surface area contributed by atoms with Gasteiger partial charge in [-0.3, -0.25) is 4.79 Å². The van der Waals surface area contributed by atoms with E-state index in [9.17, 15) is 14.3 Å². The second-order valence-corrected chi connectivity index (χ2v) is 4.48. The van der Waals surface area contributed by atoms with Crippen molar-refractivity contribution >= 4 is 5.91 Å². The van der Waals surface area contributed by atoms with Crippen molar-refractivity contribution in [2.75, 3.05) is 13.7 Å². The Kier molecular flexibility index (Phi) is 4.90. The van der Waals surface area contributed by atoms with Crippen molar-refractivity contribution in [1.82, 2.24) is 5.32 Å². The highest BCUT2D eigenvalue weighted by molar-refractivity contribution is 5.94. The zero-order chi connectivity index (χ0) is 15.2. The fraction of sp³-hybridized carbons (Fsp3) is 0.188. The van der Waals surface area contributed by atoms with Crippen LogP contribution in [0.25, 0.3) is 0 Å². The first-order valence-corrected chi connectivity index (χ1v) is 6.46. The summed E-state index contributed by atoms with van der Waals surface area (Å²) in [4.78, 5) is 11.8. The van der Waals surface area contributed by atoms with Gasteiger partial charge in [0.05, 0.1) is 18.8 Å². The van der Waals surface area contributed by atoms with E-state index in [1.165, 1.54) is 25.3 Å². The van der Waals surface area contributed by atoms with Crippen LogP contribution >= 0.6 is 0 Å². The van der Waals surface area contributed by atoms with Crippen LogP contribution in [0.4, 0.5) is 4.39 Å². The Balaban J connectivity index is 1.99. The van der Waals surface area contributed by atoms with Gasteiger partial charge >= 0.3 is 0 Å². The van der Waals surface area contributed by atoms with Crippen LogP contribution in [-0.4, -0.2) is 24.7 Å². The molecule has 1 amide bonds. The summed E-state index contributed by atoms with van der Waals surface area (Å²) >= 11 is 0. The first-order chi connectivity index (χ1) is 10.1. The molecule has 0 fully saturated rings. The lowest BCUT2D eigenvalue weighted by atomic mass is 10.1. The van der Waals surface area contributed by atoms with E-state index in [1.807, 2.05) is 0 Å². The van der Waals surface area contributed by atoms with E-state index in [1.54, 1.807) is 30.3 Å². The lowest BCUT2D eigenvalue weighted by molar-refractivity contribution is 0.0912. The van der Waals surface area contributed by atoms with E-state index < -0.39 is 17.8 Å². The molecule has 0 aromatic heterocycles. The highest BCUT2D eigenvalue weighted by Crippen LogP contribution is 2.18. The number of nitrogens with one attached hydrogen (secondary N) is 1. The van der Waals surface area contributed by atoms with Crippen molar-refractivity contribution in [2.45, 2.75) is 6.10 Å². The number of methoxy groups -OCH3 is 1. The summed E-state index contributed by atoms with van der Waals surface area (Å²) in [5.74, 6) is -0.534. The molecule has 0 saturated carbocycles. The van der Waals surface area contributed by atoms with Crippen LogP contribution in [-0.2, 0) is 0 Å². The summed E-state index contributed by atoms with van der Waals surface area (Å²) in [5.41, 5.74) is 0.568. The van der Waals surface area contributed by atoms with E-state index in [0.717, 1.165) is 0 Å². The third-order valence-electron chi connectivity index (χ3n) is 3.05. The normalized spacial score (nSPS) is 11.8. The van der Waals surface area contributed by atoms with Crippen molar-refractivity contribution in [3.05, 3.63) is 65.5 Å². The van der Waals surface area contributed by atoms with Gasteiger partial charge < -0.3 is 15.2 Å². The quantitative estimate of drug-likeness (QED) is 0.888. The van der Waals surface area contributed by atoms with Crippen molar-refractivity contribution < 1.29 is 19.0 Å². The van der Waals surface area contributed by atoms with E-state index >= 15 is 0 Å². The Labute approximate surface area is 122 Å². The molecule has 5 heteroatoms. The van der Waals surface area contributed by atoms with Gasteiger partial charge in [0.1, 0.15) is 11.6 Å². The van der Waals surface area contributed by atoms with Gasteiger partial charge in [-0.05, 0) is 29.8 Å². The summed E-state index contributed by atoms with van der Waals surface area (Å²) in [5, 5.41) is 12.5. The molecule has 0 heterocycles. The number of benzene rings is 2. The number of rotatable bonds is 5. The molecule has 1 atom stereocenters. The Morgan fingerprint density at radius 1 is 1.29 bits per heavy atom. The maximum absolute atomic E-state index is 13.4. The van der Waals surface area contributed by atoms with Crippen molar-refractivity contribution in [3.63, 3.8) is 0 Å². The van der Waals surface area contributed by atoms with Crippen LogP contribution in [0, 0.1) is 5.82 Å². The van der Waals surface area contributed by atoms with Gasteiger partial charge in [-0.25, -0.2) is 4.39 Å². The minimum absolute atomic E-state index is 0.0136. The smallest absolute Gasteiger partial charge is 0.254 e. The van der Waals surface area contributed by atoms with E-state index in [0.29, 0.717) is 11.3 Å². The first kappa shape index (κ1) is 15.0. The predicted molar refractivity (Wildman–Crippen MR) is 76.7 cm³/mol. The topological polar surface area (TPSA) is 58.6 Å². The zero-order valence-corrected chi connectivity index (χ0v) is 11.5. The van der Waals surface area contributed by atoms with Crippen LogP contribution in [0.1, 0.15) is 22.0 Å². The number of ether oxygens (including phenoxy) is 1. The molecule has 2 rings (SSSR count). The summed E-state index contributed by atoms with van der Waals surface area (Å²) in [7, 11) is 1.53. The van der Waals surface area contributed by atoms with Gasteiger partial charge in [0, 0.05) is 6.54 Å². The molecule has 0 saturated heterocycles. The third kappa shape index (κ3) is 3.79. The molecule has 2 aromatic carbocycles. The predicted octanol–water partition coefficient (Wildman–Crippen LogP) is 2.30. The number of aliphatic hydroxyl groups excluding tert-OH is 1. The lowest BCUT2D eigenvalue weighted by Crippen LogP contribution is -2.29. The summed E-state index contributed by atoms with van der Waals surface area (Å²) in [6, 6.07) is 12.6. The first-order valence-electron chi connectivity index (χ1n) is 6.46. The lowest BCUT2D eigenvalue weighted by Gasteiger charge is -2.13. The van der Waals surface area contributed by atoms with Crippen LogP contribution in [0.3, 0.4) is 0 Å². The Morgan fingerprint density at radius 2 is 2.05 bits per heavy atom. The standard InChI is InChI=1S/C16H16FNO3/c1-21-12-6-4-5-11(9-12)15(19)10-18-16(20)13-7-2-3-8-14(13)17/h2-9,15,19H,10H2,1H3,(H,18,20). The molecule has 0 radical (unpaired) electrons. The molecule has 0 aliphatic rings. The number of aliphatic hydroxyl groups is 1. The average Bonchev–Trinajstić information content (AvgIpc) is 2.52. The fourth-order valence-electron chi connectivity index (χ4n) is 1.90. The SMILES string of the molecule is COc1cccc(C(O)CNC(=O)c2ccccc2F)c1. The zero-order valence-electron chi connectivity index (χ0n) is 11.5. The van der Waals surface area contributed by atoms with Gasteiger partial charge in [-0.2, -0.15) is 0 Å². The Bertz CT molecular complexity index is 630. The summed E-state index contributed by atoms with van der Waals surface area (Å²) in [6.45, 7) is -0.0136. The Morgan fingerprint density at radius 3 is 2.76 bits per heavy atom. The van der Waals surface area contributed by atoms with Crippen LogP contribution in [0.2, 0.25) is 0 Å². The van der Waals surface area contributed by atoms with E-state index in [4.69, 9.17) is 4.74 Å². The molecule has 0 bridgehead atoms. The molecule has 0 aliphatic carbocycles. The molecule has 110 valence electrons. The number of halogens is 1. The van der Waals surface area contributed by atoms with Gasteiger partial charge in [-0.15, -0.1) is 0 Å². The Hall–Kier alpha value is -2.40. The van der Waals surface area contributed by atoms with Crippen molar-refractivity contribution in [3.8, 4) is 5.75 Å². The number of amides is 1. The third-order valence-corrected chi connectivity index (χ3v) is 3.05. The minimum Gasteiger partial charge on any atom is -0.497 e. The van der Waals surface area contributed by atoms with Crippen LogP contribution in [0.5, 0.6) is 5.75 Å². The molecule has 2 N–H and O–H groups in total. The minimum atomic E-state index is -0.893. The largest absolute Gasteiger partial charge is 0.497 e. The molecule has 2 aromatic rings. The highest BCUT2D eigenvalue weighted by atomic mass is 19.1. The monoisotopic (exact) mass is 289 g/mol. The highest BCUT2D eigenvalue weighted by Gasteiger charge is 2.13. The van der Waals surface area contributed by atoms with Crippen molar-refractivity contribution in [2.24, 2.45) is 0 Å². The molecular weight excluding hydrogens is 273 g/mol. The molecule has 21 heavy (non-hydrogen) atoms. The van der Waals surface area contributed by atoms with Crippen molar-refractivity contribution in [1.29, 1.82) is 0 Å². The van der Waals surface area contributed by atoms with Crippen LogP contribution < -0.4 is 10.1 Å². The molecule has 4 nitrogen and oxygen atoms in total. The molecule has 1 unspecified atom stereocenters. The fourth-order valence-corrected chi connectivity index (χ4v) is 1.90. The number of carbonyl (C=O) groups excluding carboxylic acids is 1. The maximum Gasteiger partial charge on any atom is 0.254 e. The number of carbonyl (C=O) groups is 1. The van der Waals surface area contributed by atoms with Gasteiger partial charge in [0.25, 0.3) is 5.91 Å². The average molecular weight is 289 g/mol. The molecule has 0 aliphatic heterocycles. The summed E-state index contributed by atoms with van der Waals surface area (Å²) in [6.07, 6.45) is -0.893. The second-order valence-electron chi connectivity index (χ2n) is 4.48. The van der Waals surface area contributed by atoms with Gasteiger partial charge in [0.15, 0.2) is 0 Å². The van der Waals surface area contributed by atoms with Gasteiger partial charge in [0.2, 0.25) is 0 Å². The molecular formula is C16H16FNO3. The van der Waals surface area contributed by atoms with E-state index in [2.05, 4.69) is 5.32 Å². The molecule has 0 spiro atoms. The number of hydrogen-bond donors (Lipinski definition) is 2. The summed E-state index contributed by atoms with van der Waals surface area (Å²) < 4.78 is 18.5. The van der Waals surface area contributed by atoms with Gasteiger partial charge in [-0.1, -0.05) is 24.3 Å². The number of hydrogen-bond acceptors (Lipinski definition) is 3. The maximum atomic E-state index is 13.4.